The molecule has 0 aliphatic rings. The van der Waals surface area contributed by atoms with Crippen molar-refractivity contribution in [3.63, 3.8) is 0 Å². The van der Waals surface area contributed by atoms with E-state index in [2.05, 4.69) is 15.6 Å². The first kappa shape index (κ1) is 19.0. The Morgan fingerprint density at radius 2 is 1.88 bits per heavy atom. The molecule has 0 aliphatic heterocycles. The van der Waals surface area contributed by atoms with Gasteiger partial charge < -0.3 is 10.6 Å². The van der Waals surface area contributed by atoms with Gasteiger partial charge >= 0.3 is 0 Å². The first-order valence-corrected chi connectivity index (χ1v) is 9.44. The molecule has 0 aliphatic carbocycles. The summed E-state index contributed by atoms with van der Waals surface area (Å²) in [5.41, 5.74) is 1.15. The van der Waals surface area contributed by atoms with Crippen LogP contribution in [0.25, 0.3) is 0 Å². The largest absolute Gasteiger partial charge is 0.340 e. The Hall–Kier alpha value is -2.34. The molecule has 1 aromatic carbocycles. The summed E-state index contributed by atoms with van der Waals surface area (Å²) in [5.74, 6) is -0.486. The van der Waals surface area contributed by atoms with Crippen molar-refractivity contribution in [2.75, 3.05) is 11.6 Å². The molecule has 2 aromatic rings. The Morgan fingerprint density at radius 3 is 2.44 bits per heavy atom. The van der Waals surface area contributed by atoms with E-state index in [1.807, 2.05) is 38.3 Å². The van der Waals surface area contributed by atoms with E-state index in [9.17, 15) is 9.59 Å². The monoisotopic (exact) mass is 357 g/mol. The number of hydrogen-bond acceptors (Lipinski definition) is 4. The number of amides is 2. The second-order valence-electron chi connectivity index (χ2n) is 5.78. The fourth-order valence-electron chi connectivity index (χ4n) is 2.31. The average molecular weight is 357 g/mol. The Bertz CT molecular complexity index is 704. The molecule has 2 amide bonds. The average Bonchev–Trinajstić information content (AvgIpc) is 2.66. The van der Waals surface area contributed by atoms with Gasteiger partial charge in [0.2, 0.25) is 5.91 Å². The van der Waals surface area contributed by atoms with Crippen molar-refractivity contribution in [3.05, 3.63) is 54.2 Å². The quantitative estimate of drug-likeness (QED) is 0.743. The third kappa shape index (κ3) is 5.32. The highest BCUT2D eigenvalue weighted by Gasteiger charge is 2.26. The van der Waals surface area contributed by atoms with Crippen LogP contribution in [0.15, 0.2) is 53.7 Å². The van der Waals surface area contributed by atoms with Crippen molar-refractivity contribution >= 4 is 29.3 Å². The number of hydrogen-bond donors (Lipinski definition) is 2. The summed E-state index contributed by atoms with van der Waals surface area (Å²) in [4.78, 5) is 29.3. The number of pyridine rings is 1. The zero-order chi connectivity index (χ0) is 18.2. The first-order valence-electron chi connectivity index (χ1n) is 8.22. The number of anilines is 1. The smallest absolute Gasteiger partial charge is 0.251 e. The maximum atomic E-state index is 12.7. The van der Waals surface area contributed by atoms with E-state index in [1.165, 1.54) is 11.8 Å². The van der Waals surface area contributed by atoms with Gasteiger partial charge in [0.05, 0.1) is 16.9 Å². The van der Waals surface area contributed by atoms with E-state index >= 15 is 0 Å². The highest BCUT2D eigenvalue weighted by Crippen LogP contribution is 2.16. The molecule has 2 rings (SSSR count). The standard InChI is InChI=1S/C19H23N3O2S/c1-4-13(2)17(22-18(23)14-8-6-5-7-9-14)19(24)21-15-10-11-16(25-3)20-12-15/h5-13,17H,4H2,1-3H3,(H,21,24)(H,22,23). The molecule has 2 N–H and O–H groups in total. The molecular weight excluding hydrogens is 334 g/mol. The van der Waals surface area contributed by atoms with Gasteiger partial charge in [-0.05, 0) is 36.4 Å². The van der Waals surface area contributed by atoms with Crippen LogP contribution in [-0.2, 0) is 4.79 Å². The van der Waals surface area contributed by atoms with Gasteiger partial charge in [-0.2, -0.15) is 0 Å². The maximum Gasteiger partial charge on any atom is 0.251 e. The van der Waals surface area contributed by atoms with Crippen LogP contribution in [-0.4, -0.2) is 29.1 Å². The minimum Gasteiger partial charge on any atom is -0.340 e. The normalized spacial score (nSPS) is 12.9. The van der Waals surface area contributed by atoms with E-state index in [1.54, 1.807) is 30.5 Å². The van der Waals surface area contributed by atoms with Gasteiger partial charge in [-0.3, -0.25) is 9.59 Å². The number of rotatable bonds is 7. The van der Waals surface area contributed by atoms with Crippen LogP contribution in [0.3, 0.4) is 0 Å². The number of nitrogens with one attached hydrogen (secondary N) is 2. The summed E-state index contributed by atoms with van der Waals surface area (Å²) >= 11 is 1.54. The second kappa shape index (κ2) is 9.22. The van der Waals surface area contributed by atoms with Crippen LogP contribution >= 0.6 is 11.8 Å². The van der Waals surface area contributed by atoms with E-state index in [0.29, 0.717) is 11.3 Å². The lowest BCUT2D eigenvalue weighted by molar-refractivity contribution is -0.119. The third-order valence-corrected chi connectivity index (χ3v) is 4.69. The molecule has 1 heterocycles. The van der Waals surface area contributed by atoms with Gasteiger partial charge in [0.15, 0.2) is 0 Å². The van der Waals surface area contributed by atoms with Crippen molar-refractivity contribution in [1.29, 1.82) is 0 Å². The maximum absolute atomic E-state index is 12.7. The Kier molecular flexibility index (Phi) is 7.01. The zero-order valence-electron chi connectivity index (χ0n) is 14.7. The molecule has 6 heteroatoms. The van der Waals surface area contributed by atoms with Crippen LogP contribution < -0.4 is 10.6 Å². The lowest BCUT2D eigenvalue weighted by Gasteiger charge is -2.23. The Balaban J connectivity index is 2.10. The molecule has 1 aromatic heterocycles. The van der Waals surface area contributed by atoms with E-state index < -0.39 is 6.04 Å². The van der Waals surface area contributed by atoms with E-state index in [0.717, 1.165) is 11.4 Å². The van der Waals surface area contributed by atoms with Crippen molar-refractivity contribution in [1.82, 2.24) is 10.3 Å². The molecule has 132 valence electrons. The Morgan fingerprint density at radius 1 is 1.16 bits per heavy atom. The van der Waals surface area contributed by atoms with Crippen LogP contribution in [0.4, 0.5) is 5.69 Å². The fraction of sp³-hybridized carbons (Fsp3) is 0.316. The SMILES string of the molecule is CCC(C)C(NC(=O)c1ccccc1)C(=O)Nc1ccc(SC)nc1. The number of benzene rings is 1. The predicted octanol–water partition coefficient (Wildman–Crippen LogP) is 3.59. The minimum atomic E-state index is -0.613. The van der Waals surface area contributed by atoms with E-state index in [-0.39, 0.29) is 17.7 Å². The highest BCUT2D eigenvalue weighted by atomic mass is 32.2. The molecule has 0 spiro atoms. The highest BCUT2D eigenvalue weighted by molar-refractivity contribution is 7.98. The van der Waals surface area contributed by atoms with E-state index in [4.69, 9.17) is 0 Å². The molecule has 0 saturated carbocycles. The van der Waals surface area contributed by atoms with Crippen LogP contribution in [0.1, 0.15) is 30.6 Å². The number of nitrogens with zero attached hydrogens (tertiary/aromatic N) is 1. The van der Waals surface area contributed by atoms with Crippen LogP contribution in [0.2, 0.25) is 0 Å². The van der Waals surface area contributed by atoms with Gasteiger partial charge in [0.25, 0.3) is 5.91 Å². The molecule has 0 saturated heterocycles. The summed E-state index contributed by atoms with van der Waals surface area (Å²) in [6.45, 7) is 3.94. The summed E-state index contributed by atoms with van der Waals surface area (Å²) in [5, 5.41) is 6.57. The van der Waals surface area contributed by atoms with Crippen molar-refractivity contribution in [2.24, 2.45) is 5.92 Å². The second-order valence-corrected chi connectivity index (χ2v) is 6.61. The molecule has 0 radical (unpaired) electrons. The fourth-order valence-corrected chi connectivity index (χ4v) is 2.67. The number of aromatic nitrogens is 1. The van der Waals surface area contributed by atoms with Crippen LogP contribution in [0, 0.1) is 5.92 Å². The van der Waals surface area contributed by atoms with Gasteiger partial charge in [-0.25, -0.2) is 4.98 Å². The lowest BCUT2D eigenvalue weighted by Crippen LogP contribution is -2.47. The predicted molar refractivity (Wildman–Crippen MR) is 102 cm³/mol. The molecule has 0 bridgehead atoms. The summed E-state index contributed by atoms with van der Waals surface area (Å²) in [7, 11) is 0. The summed E-state index contributed by atoms with van der Waals surface area (Å²) < 4.78 is 0. The van der Waals surface area contributed by atoms with Gasteiger partial charge in [-0.1, -0.05) is 38.5 Å². The molecule has 2 unspecified atom stereocenters. The minimum absolute atomic E-state index is 0.00564. The molecule has 2 atom stereocenters. The lowest BCUT2D eigenvalue weighted by atomic mass is 9.97. The van der Waals surface area contributed by atoms with Gasteiger partial charge in [0.1, 0.15) is 6.04 Å². The van der Waals surface area contributed by atoms with Crippen molar-refractivity contribution in [3.8, 4) is 0 Å². The van der Waals surface area contributed by atoms with Crippen LogP contribution in [0.5, 0.6) is 0 Å². The molecule has 25 heavy (non-hydrogen) atoms. The first-order chi connectivity index (χ1) is 12.0. The van der Waals surface area contributed by atoms with Gasteiger partial charge in [-0.15, -0.1) is 11.8 Å². The van der Waals surface area contributed by atoms with Crippen molar-refractivity contribution < 1.29 is 9.59 Å². The number of carbonyl (C=O) groups excluding carboxylic acids is 2. The number of carbonyl (C=O) groups is 2. The van der Waals surface area contributed by atoms with Crippen molar-refractivity contribution in [2.45, 2.75) is 31.3 Å². The molecule has 0 fully saturated rings. The molecule has 5 nitrogen and oxygen atoms in total. The number of thioether (sulfide) groups is 1. The van der Waals surface area contributed by atoms with Gasteiger partial charge in [0, 0.05) is 5.56 Å². The zero-order valence-corrected chi connectivity index (χ0v) is 15.5. The summed E-state index contributed by atoms with van der Waals surface area (Å²) in [6.07, 6.45) is 4.34. The molecular formula is C19H23N3O2S. The summed E-state index contributed by atoms with van der Waals surface area (Å²) in [6, 6.07) is 11.9. The topological polar surface area (TPSA) is 71.1 Å². The third-order valence-electron chi connectivity index (χ3n) is 4.03. The Labute approximate surface area is 152 Å².